The Morgan fingerprint density at radius 3 is 2.62 bits per heavy atom. The minimum Gasteiger partial charge on any atom is -0.369 e. The molecule has 5 nitrogen and oxygen atoms in total. The smallest absolute Gasteiger partial charge is 0.369 e. The Kier molecular flexibility index (Phi) is 6.19. The van der Waals surface area contributed by atoms with Gasteiger partial charge in [0.15, 0.2) is 5.69 Å². The summed E-state index contributed by atoms with van der Waals surface area (Å²) in [6, 6.07) is 0.748. The number of hydrogen-bond acceptors (Lipinski definition) is 4. The maximum atomic E-state index is 12.5. The topological polar surface area (TPSA) is 66.9 Å². The van der Waals surface area contributed by atoms with E-state index in [1.807, 2.05) is 13.8 Å². The number of rotatable bonds is 6. The fourth-order valence-electron chi connectivity index (χ4n) is 1.36. The quantitative estimate of drug-likeness (QED) is 0.790. The van der Waals surface area contributed by atoms with Crippen LogP contribution in [0.25, 0.3) is 0 Å². The zero-order valence-corrected chi connectivity index (χ0v) is 12.3. The number of alkyl halides is 3. The first-order valence-corrected chi connectivity index (χ1v) is 6.68. The Labute approximate surface area is 125 Å². The molecule has 9 heteroatoms. The lowest BCUT2D eigenvalue weighted by Gasteiger charge is -2.10. The van der Waals surface area contributed by atoms with Crippen molar-refractivity contribution in [1.82, 2.24) is 15.3 Å². The van der Waals surface area contributed by atoms with E-state index in [-0.39, 0.29) is 24.7 Å². The molecule has 0 saturated heterocycles. The van der Waals surface area contributed by atoms with Crippen LogP contribution in [0.2, 0.25) is 5.28 Å². The zero-order valence-electron chi connectivity index (χ0n) is 11.6. The lowest BCUT2D eigenvalue weighted by Crippen LogP contribution is -2.28. The molecular weight excluding hydrogens is 309 g/mol. The van der Waals surface area contributed by atoms with Crippen molar-refractivity contribution in [1.29, 1.82) is 0 Å². The zero-order chi connectivity index (χ0) is 16.0. The van der Waals surface area contributed by atoms with Crippen LogP contribution in [0, 0.1) is 5.92 Å². The summed E-state index contributed by atoms with van der Waals surface area (Å²) in [5.41, 5.74) is -1.13. The van der Waals surface area contributed by atoms with E-state index in [4.69, 9.17) is 11.6 Å². The second-order valence-corrected chi connectivity index (χ2v) is 5.12. The van der Waals surface area contributed by atoms with Crippen molar-refractivity contribution in [3.8, 4) is 0 Å². The molecule has 118 valence electrons. The standard InChI is InChI=1S/C12H16ClF3N4O/c1-7(2)6-18-10(21)3-4-17-9-5-8(12(14,15)16)19-11(13)20-9/h5,7H,3-4,6H2,1-2H3,(H,18,21)(H,17,19,20). The molecule has 1 amide bonds. The molecular formula is C12H16ClF3N4O. The molecule has 1 rings (SSSR count). The first kappa shape index (κ1) is 17.5. The van der Waals surface area contributed by atoms with E-state index in [0.29, 0.717) is 12.5 Å². The van der Waals surface area contributed by atoms with Gasteiger partial charge in [-0.2, -0.15) is 13.2 Å². The van der Waals surface area contributed by atoms with Crippen molar-refractivity contribution in [2.24, 2.45) is 5.92 Å². The number of hydrogen-bond donors (Lipinski definition) is 2. The van der Waals surface area contributed by atoms with Crippen LogP contribution in [-0.2, 0) is 11.0 Å². The molecule has 1 heterocycles. The molecule has 0 radical (unpaired) electrons. The van der Waals surface area contributed by atoms with E-state index < -0.39 is 17.2 Å². The molecule has 21 heavy (non-hydrogen) atoms. The van der Waals surface area contributed by atoms with Gasteiger partial charge >= 0.3 is 6.18 Å². The largest absolute Gasteiger partial charge is 0.433 e. The summed E-state index contributed by atoms with van der Waals surface area (Å²) in [5, 5.41) is 4.81. The number of nitrogens with one attached hydrogen (secondary N) is 2. The van der Waals surface area contributed by atoms with Crippen LogP contribution in [0.15, 0.2) is 6.07 Å². The van der Waals surface area contributed by atoms with Crippen molar-refractivity contribution in [3.05, 3.63) is 17.0 Å². The van der Waals surface area contributed by atoms with Gasteiger partial charge in [0, 0.05) is 25.6 Å². The Balaban J connectivity index is 2.52. The fraction of sp³-hybridized carbons (Fsp3) is 0.583. The normalized spacial score (nSPS) is 11.6. The van der Waals surface area contributed by atoms with Crippen LogP contribution in [0.1, 0.15) is 26.0 Å². The molecule has 0 fully saturated rings. The van der Waals surface area contributed by atoms with E-state index >= 15 is 0 Å². The molecule has 0 bridgehead atoms. The van der Waals surface area contributed by atoms with E-state index in [2.05, 4.69) is 20.6 Å². The van der Waals surface area contributed by atoms with Crippen LogP contribution in [0.5, 0.6) is 0 Å². The lowest BCUT2D eigenvalue weighted by atomic mass is 10.2. The van der Waals surface area contributed by atoms with Gasteiger partial charge in [-0.1, -0.05) is 13.8 Å². The van der Waals surface area contributed by atoms with Crippen molar-refractivity contribution in [2.45, 2.75) is 26.4 Å². The minimum atomic E-state index is -4.60. The monoisotopic (exact) mass is 324 g/mol. The molecule has 0 saturated carbocycles. The molecule has 0 aliphatic heterocycles. The number of carbonyl (C=O) groups excluding carboxylic acids is 1. The number of nitrogens with zero attached hydrogens (tertiary/aromatic N) is 2. The second-order valence-electron chi connectivity index (χ2n) is 4.78. The Bertz CT molecular complexity index is 494. The molecule has 0 aliphatic rings. The average molecular weight is 325 g/mol. The highest BCUT2D eigenvalue weighted by Gasteiger charge is 2.33. The van der Waals surface area contributed by atoms with Gasteiger partial charge in [0.05, 0.1) is 0 Å². The van der Waals surface area contributed by atoms with Gasteiger partial charge in [-0.05, 0) is 17.5 Å². The highest BCUT2D eigenvalue weighted by atomic mass is 35.5. The summed E-state index contributed by atoms with van der Waals surface area (Å²) in [4.78, 5) is 18.2. The third-order valence-corrected chi connectivity index (χ3v) is 2.52. The van der Waals surface area contributed by atoms with Crippen molar-refractivity contribution < 1.29 is 18.0 Å². The van der Waals surface area contributed by atoms with Crippen LogP contribution in [-0.4, -0.2) is 29.0 Å². The molecule has 0 spiro atoms. The maximum absolute atomic E-state index is 12.5. The minimum absolute atomic E-state index is 0.0704. The molecule has 1 aromatic heterocycles. The third kappa shape index (κ3) is 6.61. The first-order chi connectivity index (χ1) is 9.68. The predicted molar refractivity (Wildman–Crippen MR) is 73.0 cm³/mol. The number of halogens is 4. The molecule has 0 unspecified atom stereocenters. The van der Waals surface area contributed by atoms with Crippen molar-refractivity contribution >= 4 is 23.3 Å². The van der Waals surface area contributed by atoms with Crippen LogP contribution in [0.3, 0.4) is 0 Å². The van der Waals surface area contributed by atoms with E-state index in [1.54, 1.807) is 0 Å². The molecule has 2 N–H and O–H groups in total. The number of carbonyl (C=O) groups is 1. The highest BCUT2D eigenvalue weighted by Crippen LogP contribution is 2.29. The number of aromatic nitrogens is 2. The summed E-state index contributed by atoms with van der Waals surface area (Å²) in [7, 11) is 0. The summed E-state index contributed by atoms with van der Waals surface area (Å²) in [6.07, 6.45) is -4.48. The second kappa shape index (κ2) is 7.44. The van der Waals surface area contributed by atoms with Gasteiger partial charge in [0.25, 0.3) is 0 Å². The number of anilines is 1. The van der Waals surface area contributed by atoms with E-state index in [0.717, 1.165) is 6.07 Å². The Morgan fingerprint density at radius 1 is 1.38 bits per heavy atom. The lowest BCUT2D eigenvalue weighted by molar-refractivity contribution is -0.141. The molecule has 0 atom stereocenters. The Hall–Kier alpha value is -1.57. The van der Waals surface area contributed by atoms with E-state index in [1.165, 1.54) is 0 Å². The predicted octanol–water partition coefficient (Wildman–Crippen LogP) is 2.72. The summed E-state index contributed by atoms with van der Waals surface area (Å²) in [5.74, 6) is 0.0725. The third-order valence-electron chi connectivity index (χ3n) is 2.35. The molecule has 1 aromatic rings. The van der Waals surface area contributed by atoms with Crippen LogP contribution in [0.4, 0.5) is 19.0 Å². The molecule has 0 aliphatic carbocycles. The Morgan fingerprint density at radius 2 is 2.05 bits per heavy atom. The average Bonchev–Trinajstić information content (AvgIpc) is 2.34. The van der Waals surface area contributed by atoms with E-state index in [9.17, 15) is 18.0 Å². The maximum Gasteiger partial charge on any atom is 0.433 e. The summed E-state index contributed by atoms with van der Waals surface area (Å²) >= 11 is 5.44. The van der Waals surface area contributed by atoms with Crippen LogP contribution < -0.4 is 10.6 Å². The summed E-state index contributed by atoms with van der Waals surface area (Å²) < 4.78 is 37.6. The van der Waals surface area contributed by atoms with Gasteiger partial charge in [-0.15, -0.1) is 0 Å². The summed E-state index contributed by atoms with van der Waals surface area (Å²) in [6.45, 7) is 4.62. The SMILES string of the molecule is CC(C)CNC(=O)CCNc1cc(C(F)(F)F)nc(Cl)n1. The fourth-order valence-corrected chi connectivity index (χ4v) is 1.55. The highest BCUT2D eigenvalue weighted by molar-refractivity contribution is 6.28. The molecule has 0 aromatic carbocycles. The van der Waals surface area contributed by atoms with Gasteiger partial charge in [-0.3, -0.25) is 4.79 Å². The first-order valence-electron chi connectivity index (χ1n) is 6.31. The van der Waals surface area contributed by atoms with Gasteiger partial charge in [-0.25, -0.2) is 9.97 Å². The van der Waals surface area contributed by atoms with Gasteiger partial charge < -0.3 is 10.6 Å². The van der Waals surface area contributed by atoms with Crippen molar-refractivity contribution in [3.63, 3.8) is 0 Å². The number of amides is 1. The van der Waals surface area contributed by atoms with Crippen LogP contribution >= 0.6 is 11.6 Å². The van der Waals surface area contributed by atoms with Crippen molar-refractivity contribution in [2.75, 3.05) is 18.4 Å². The van der Waals surface area contributed by atoms with Gasteiger partial charge in [0.1, 0.15) is 5.82 Å². The van der Waals surface area contributed by atoms with Gasteiger partial charge in [0.2, 0.25) is 11.2 Å².